The van der Waals surface area contributed by atoms with Gasteiger partial charge in [-0.15, -0.1) is 5.10 Å². The number of halogens is 2. The monoisotopic (exact) mass is 563 g/mol. The van der Waals surface area contributed by atoms with Gasteiger partial charge in [-0.2, -0.15) is 0 Å². The second-order valence-corrected chi connectivity index (χ2v) is 10.9. The van der Waals surface area contributed by atoms with Crippen LogP contribution in [-0.4, -0.2) is 40.6 Å². The zero-order chi connectivity index (χ0) is 28.2. The summed E-state index contributed by atoms with van der Waals surface area (Å²) in [6, 6.07) is 13.0. The quantitative estimate of drug-likeness (QED) is 0.337. The number of ether oxygens (including phenoxy) is 2. The number of aliphatic imine (C=N–C) groups is 1. The molecule has 6 rings (SSSR count). The molecule has 0 radical (unpaired) electrons. The maximum atomic E-state index is 13.4. The first kappa shape index (κ1) is 27.1. The Balaban J connectivity index is 0.904. The molecule has 1 aliphatic heterocycles. The minimum atomic E-state index is -1.02. The lowest BCUT2D eigenvalue weighted by atomic mass is 9.59. The maximum absolute atomic E-state index is 13.4. The molecule has 11 heteroatoms. The van der Waals surface area contributed by atoms with Crippen LogP contribution in [-0.2, 0) is 16.1 Å². The molecule has 2 saturated carbocycles. The average Bonchev–Trinajstić information content (AvgIpc) is 3.44. The van der Waals surface area contributed by atoms with Crippen molar-refractivity contribution in [1.29, 1.82) is 0 Å². The highest BCUT2D eigenvalue weighted by molar-refractivity contribution is 5.92. The summed E-state index contributed by atoms with van der Waals surface area (Å²) >= 11 is 0. The number of rotatable bonds is 9. The lowest BCUT2D eigenvalue weighted by Crippen LogP contribution is -2.45. The van der Waals surface area contributed by atoms with Gasteiger partial charge in [0.15, 0.2) is 11.6 Å². The molecule has 1 spiro atoms. The van der Waals surface area contributed by atoms with Gasteiger partial charge >= 0.3 is 17.8 Å². The van der Waals surface area contributed by atoms with E-state index in [2.05, 4.69) is 38.0 Å². The zero-order valence-electron chi connectivity index (χ0n) is 22.4. The predicted molar refractivity (Wildman–Crippen MR) is 146 cm³/mol. The summed E-state index contributed by atoms with van der Waals surface area (Å²) in [6.45, 7) is 0.675. The van der Waals surface area contributed by atoms with Crippen LogP contribution in [0.1, 0.15) is 61.2 Å². The highest BCUT2D eigenvalue weighted by Crippen LogP contribution is 2.53. The largest absolute Gasteiger partial charge is 0.475 e. The van der Waals surface area contributed by atoms with Crippen LogP contribution in [0.2, 0.25) is 0 Å². The van der Waals surface area contributed by atoms with Crippen molar-refractivity contribution in [1.82, 2.24) is 15.5 Å². The van der Waals surface area contributed by atoms with E-state index in [1.54, 1.807) is 6.21 Å². The van der Waals surface area contributed by atoms with Crippen LogP contribution in [0.25, 0.3) is 0 Å². The first-order valence-corrected chi connectivity index (χ1v) is 13.9. The van der Waals surface area contributed by atoms with Crippen molar-refractivity contribution in [3.8, 4) is 0 Å². The fourth-order valence-electron chi connectivity index (χ4n) is 5.69. The molecule has 1 aromatic heterocycles. The topological polar surface area (TPSA) is 111 Å². The number of hydrogen-bond donors (Lipinski definition) is 2. The minimum absolute atomic E-state index is 0.125. The minimum Gasteiger partial charge on any atom is -0.475 e. The zero-order valence-corrected chi connectivity index (χ0v) is 22.4. The Morgan fingerprint density at radius 1 is 1.02 bits per heavy atom. The third-order valence-corrected chi connectivity index (χ3v) is 7.97. The molecule has 3 aromatic rings. The van der Waals surface area contributed by atoms with Gasteiger partial charge < -0.3 is 24.5 Å². The summed E-state index contributed by atoms with van der Waals surface area (Å²) in [4.78, 5) is 16.9. The molecular weight excluding hydrogens is 532 g/mol. The third kappa shape index (κ3) is 6.62. The molecule has 1 amide bonds. The highest BCUT2D eigenvalue weighted by Gasteiger charge is 2.47. The van der Waals surface area contributed by atoms with Crippen molar-refractivity contribution in [3.63, 3.8) is 0 Å². The molecule has 1 unspecified atom stereocenters. The Morgan fingerprint density at radius 3 is 2.56 bits per heavy atom. The normalized spacial score (nSPS) is 25.3. The molecule has 3 aliphatic rings. The van der Waals surface area contributed by atoms with E-state index < -0.39 is 17.5 Å². The van der Waals surface area contributed by atoms with E-state index in [1.807, 2.05) is 24.3 Å². The second kappa shape index (κ2) is 11.8. The van der Waals surface area contributed by atoms with Gasteiger partial charge in [0.1, 0.15) is 6.10 Å². The number of carbonyl (C=O) groups excluding carboxylic acids is 1. The fraction of sp³-hybridized carbons (Fsp3) is 0.400. The van der Waals surface area contributed by atoms with Crippen LogP contribution in [0.4, 0.5) is 20.5 Å². The Morgan fingerprint density at radius 2 is 1.83 bits per heavy atom. The summed E-state index contributed by atoms with van der Waals surface area (Å²) in [5.74, 6) is -2.27. The molecule has 2 N–H and O–H groups in total. The molecule has 214 valence electrons. The van der Waals surface area contributed by atoms with Gasteiger partial charge in [-0.05, 0) is 74.1 Å². The van der Waals surface area contributed by atoms with E-state index in [0.29, 0.717) is 30.4 Å². The fourth-order valence-corrected chi connectivity index (χ4v) is 5.69. The molecule has 2 heterocycles. The molecule has 41 heavy (non-hydrogen) atoms. The number of amides is 1. The molecular formula is C30H31F2N5O4. The van der Waals surface area contributed by atoms with Gasteiger partial charge in [0.25, 0.3) is 0 Å². The Labute approximate surface area is 236 Å². The van der Waals surface area contributed by atoms with Crippen molar-refractivity contribution in [2.24, 2.45) is 10.4 Å². The Bertz CT molecular complexity index is 1430. The highest BCUT2D eigenvalue weighted by atomic mass is 19.2. The number of carbonyl (C=O) groups is 1. The molecule has 2 aliphatic carbocycles. The lowest BCUT2D eigenvalue weighted by molar-refractivity contribution is -0.115. The molecule has 0 bridgehead atoms. The van der Waals surface area contributed by atoms with Gasteiger partial charge in [-0.1, -0.05) is 35.4 Å². The predicted octanol–water partition coefficient (Wildman–Crippen LogP) is 5.83. The summed E-state index contributed by atoms with van der Waals surface area (Å²) < 4.78 is 44.1. The molecule has 2 fully saturated rings. The smallest absolute Gasteiger partial charge is 0.320 e. The summed E-state index contributed by atoms with van der Waals surface area (Å²) in [7, 11) is 0. The van der Waals surface area contributed by atoms with Crippen molar-refractivity contribution in [2.75, 3.05) is 5.32 Å². The van der Waals surface area contributed by atoms with Crippen LogP contribution in [0, 0.1) is 17.0 Å². The van der Waals surface area contributed by atoms with Crippen LogP contribution >= 0.6 is 0 Å². The lowest BCUT2D eigenvalue weighted by Gasteiger charge is -2.51. The molecule has 2 aromatic carbocycles. The van der Waals surface area contributed by atoms with Crippen molar-refractivity contribution in [3.05, 3.63) is 83.6 Å². The molecule has 0 saturated heterocycles. The van der Waals surface area contributed by atoms with E-state index in [-0.39, 0.29) is 29.7 Å². The Kier molecular flexibility index (Phi) is 7.78. The van der Waals surface area contributed by atoms with Gasteiger partial charge in [0, 0.05) is 18.0 Å². The first-order chi connectivity index (χ1) is 19.9. The van der Waals surface area contributed by atoms with E-state index in [0.717, 1.165) is 50.7 Å². The molecule has 9 nitrogen and oxygen atoms in total. The van der Waals surface area contributed by atoms with Crippen LogP contribution < -0.4 is 10.6 Å². The van der Waals surface area contributed by atoms with Crippen molar-refractivity contribution < 1.29 is 27.5 Å². The van der Waals surface area contributed by atoms with Gasteiger partial charge in [-0.25, -0.2) is 13.8 Å². The second-order valence-electron chi connectivity index (χ2n) is 10.9. The number of nitrogens with one attached hydrogen (secondary N) is 2. The van der Waals surface area contributed by atoms with Crippen LogP contribution in [0.15, 0.2) is 69.9 Å². The number of anilines is 2. The number of aromatic nitrogens is 2. The first-order valence-electron chi connectivity index (χ1n) is 13.9. The molecule has 1 atom stereocenters. The Hall–Kier alpha value is -4.12. The average molecular weight is 564 g/mol. The van der Waals surface area contributed by atoms with Crippen molar-refractivity contribution >= 4 is 23.8 Å². The van der Waals surface area contributed by atoms with Crippen LogP contribution in [0.5, 0.6) is 0 Å². The van der Waals surface area contributed by atoms with Gasteiger partial charge in [-0.3, -0.25) is 4.79 Å². The number of hydrogen-bond acceptors (Lipinski definition) is 8. The number of benzene rings is 2. The van der Waals surface area contributed by atoms with E-state index in [9.17, 15) is 13.6 Å². The van der Waals surface area contributed by atoms with E-state index in [4.69, 9.17) is 13.9 Å². The standard InChI is InChI=1S/C30H31F2N5O4/c31-24-8-6-20(14-25(24)32)35-29-37-36-28(41-29)27(38)34-21-7-9-26(33-17-21)40-22-10-12-30(13-11-22)15-23(16-30)39-18-19-4-2-1-3-5-19/h1-6,8-9,14,17,21-23H,7,10-13,15-16,18H2,(H,34,38)(H,35,37). The summed E-state index contributed by atoms with van der Waals surface area (Å²) in [5.41, 5.74) is 1.81. The summed E-state index contributed by atoms with van der Waals surface area (Å²) in [5, 5.41) is 12.8. The van der Waals surface area contributed by atoms with Gasteiger partial charge in [0.2, 0.25) is 5.88 Å². The van der Waals surface area contributed by atoms with E-state index >= 15 is 0 Å². The van der Waals surface area contributed by atoms with Crippen molar-refractivity contribution in [2.45, 2.75) is 69.8 Å². The maximum Gasteiger partial charge on any atom is 0.320 e. The third-order valence-electron chi connectivity index (χ3n) is 7.97. The van der Waals surface area contributed by atoms with E-state index in [1.165, 1.54) is 11.6 Å². The number of nitrogens with zero attached hydrogens (tertiary/aromatic N) is 3. The SMILES string of the molecule is O=C(NC1C=NC(OC2CCC3(CC2)CC(OCc2ccccc2)C3)=CC1)c1nnc(Nc2ccc(F)c(F)c2)o1. The summed E-state index contributed by atoms with van der Waals surface area (Å²) in [6.07, 6.45) is 11.0. The van der Waals surface area contributed by atoms with Gasteiger partial charge in [0.05, 0.1) is 18.8 Å². The van der Waals surface area contributed by atoms with Crippen LogP contribution in [0.3, 0.4) is 0 Å².